The maximum absolute atomic E-state index is 12.7. The van der Waals surface area contributed by atoms with E-state index in [1.165, 1.54) is 4.57 Å². The molecule has 3 rings (SSSR count). The maximum Gasteiger partial charge on any atom is 0.297 e. The Morgan fingerprint density at radius 3 is 2.48 bits per heavy atom. The molecule has 0 amide bonds. The highest BCUT2D eigenvalue weighted by molar-refractivity contribution is 6.30. The number of rotatable bonds is 9. The van der Waals surface area contributed by atoms with Crippen LogP contribution in [0.15, 0.2) is 59.7 Å². The van der Waals surface area contributed by atoms with Crippen molar-refractivity contribution in [1.29, 1.82) is 0 Å². The van der Waals surface area contributed by atoms with Gasteiger partial charge in [-0.3, -0.25) is 9.36 Å². The van der Waals surface area contributed by atoms with Gasteiger partial charge in [-0.15, -0.1) is 0 Å². The summed E-state index contributed by atoms with van der Waals surface area (Å²) < 4.78 is 12.8. The molecule has 1 N–H and O–H groups in total. The normalized spacial score (nSPS) is 10.6. The number of aromatic nitrogens is 2. The Labute approximate surface area is 175 Å². The molecule has 0 aliphatic heterocycles. The van der Waals surface area contributed by atoms with Crippen LogP contribution >= 0.6 is 11.6 Å². The molecule has 0 unspecified atom stereocenters. The first-order chi connectivity index (χ1) is 14.1. The fourth-order valence-corrected chi connectivity index (χ4v) is 3.04. The molecule has 0 atom stereocenters. The summed E-state index contributed by atoms with van der Waals surface area (Å²) in [5.74, 6) is 1.77. The predicted octanol–water partition coefficient (Wildman–Crippen LogP) is 4.34. The van der Waals surface area contributed by atoms with Crippen LogP contribution in [0.4, 0.5) is 5.82 Å². The van der Waals surface area contributed by atoms with E-state index in [0.29, 0.717) is 37.0 Å². The molecule has 1 heterocycles. The van der Waals surface area contributed by atoms with E-state index in [4.69, 9.17) is 21.1 Å². The van der Waals surface area contributed by atoms with Crippen molar-refractivity contribution in [3.8, 4) is 17.2 Å². The fraction of sp³-hybridized carbons (Fsp3) is 0.273. The van der Waals surface area contributed by atoms with Crippen LogP contribution in [0.25, 0.3) is 5.69 Å². The first kappa shape index (κ1) is 20.7. The summed E-state index contributed by atoms with van der Waals surface area (Å²) in [6, 6.07) is 13.0. The lowest BCUT2D eigenvalue weighted by atomic mass is 10.1. The number of halogens is 1. The second-order valence-corrected chi connectivity index (χ2v) is 6.69. The Hall–Kier alpha value is -2.99. The van der Waals surface area contributed by atoms with Crippen LogP contribution in [-0.2, 0) is 6.42 Å². The molecule has 0 bridgehead atoms. The van der Waals surface area contributed by atoms with E-state index >= 15 is 0 Å². The zero-order valence-electron chi connectivity index (χ0n) is 16.5. The lowest BCUT2D eigenvalue weighted by molar-refractivity contribution is 0.287. The number of hydrogen-bond acceptors (Lipinski definition) is 5. The second-order valence-electron chi connectivity index (χ2n) is 6.25. The van der Waals surface area contributed by atoms with Gasteiger partial charge >= 0.3 is 0 Å². The van der Waals surface area contributed by atoms with E-state index in [0.717, 1.165) is 22.7 Å². The zero-order chi connectivity index (χ0) is 20.6. The van der Waals surface area contributed by atoms with Crippen molar-refractivity contribution in [3.05, 3.63) is 75.8 Å². The first-order valence-corrected chi connectivity index (χ1v) is 9.96. The molecule has 152 valence electrons. The van der Waals surface area contributed by atoms with Crippen LogP contribution in [-0.4, -0.2) is 29.3 Å². The molecule has 0 aliphatic rings. The van der Waals surface area contributed by atoms with E-state index in [9.17, 15) is 4.79 Å². The molecule has 0 saturated heterocycles. The van der Waals surface area contributed by atoms with Crippen molar-refractivity contribution < 1.29 is 9.47 Å². The lowest BCUT2D eigenvalue weighted by Crippen LogP contribution is -2.24. The smallest absolute Gasteiger partial charge is 0.297 e. The molecule has 0 fully saturated rings. The van der Waals surface area contributed by atoms with Crippen molar-refractivity contribution in [2.45, 2.75) is 20.3 Å². The van der Waals surface area contributed by atoms with Gasteiger partial charge in [-0.1, -0.05) is 17.7 Å². The third-order valence-electron chi connectivity index (χ3n) is 4.26. The SMILES string of the molecule is CCOc1ccc(CCNc2nccn(-c3ccc(Cl)cc3)c2=O)cc1OCC. The predicted molar refractivity (Wildman–Crippen MR) is 116 cm³/mol. The highest BCUT2D eigenvalue weighted by atomic mass is 35.5. The van der Waals surface area contributed by atoms with Crippen molar-refractivity contribution >= 4 is 17.4 Å². The summed E-state index contributed by atoms with van der Waals surface area (Å²) in [5, 5.41) is 3.75. The molecular formula is C22H24ClN3O3. The molecule has 0 spiro atoms. The van der Waals surface area contributed by atoms with Gasteiger partial charge in [0, 0.05) is 29.6 Å². The monoisotopic (exact) mass is 413 g/mol. The Balaban J connectivity index is 1.69. The standard InChI is InChI=1S/C22H24ClN3O3/c1-3-28-19-10-5-16(15-20(19)29-4-2)11-12-24-21-22(27)26(14-13-25-21)18-8-6-17(23)7-9-18/h5-10,13-15H,3-4,11-12H2,1-2H3,(H,24,25). The lowest BCUT2D eigenvalue weighted by Gasteiger charge is -2.13. The third kappa shape index (κ3) is 5.29. The zero-order valence-corrected chi connectivity index (χ0v) is 17.3. The van der Waals surface area contributed by atoms with Gasteiger partial charge in [0.25, 0.3) is 5.56 Å². The minimum absolute atomic E-state index is 0.212. The Bertz CT molecular complexity index is 1000. The van der Waals surface area contributed by atoms with Crippen molar-refractivity contribution in [2.24, 2.45) is 0 Å². The van der Waals surface area contributed by atoms with Crippen LogP contribution in [0.2, 0.25) is 5.02 Å². The number of benzene rings is 2. The minimum atomic E-state index is -0.212. The van der Waals surface area contributed by atoms with E-state index in [2.05, 4.69) is 10.3 Å². The fourth-order valence-electron chi connectivity index (χ4n) is 2.91. The van der Waals surface area contributed by atoms with Crippen LogP contribution in [0.1, 0.15) is 19.4 Å². The van der Waals surface area contributed by atoms with Crippen molar-refractivity contribution in [2.75, 3.05) is 25.1 Å². The molecule has 1 aromatic heterocycles. The summed E-state index contributed by atoms with van der Waals surface area (Å²) in [5.41, 5.74) is 1.60. The molecular weight excluding hydrogens is 390 g/mol. The van der Waals surface area contributed by atoms with Crippen LogP contribution < -0.4 is 20.3 Å². The number of ether oxygens (including phenoxy) is 2. The van der Waals surface area contributed by atoms with E-state index in [1.807, 2.05) is 32.0 Å². The second kappa shape index (κ2) is 9.98. The summed E-state index contributed by atoms with van der Waals surface area (Å²) in [6.45, 7) is 5.60. The largest absolute Gasteiger partial charge is 0.490 e. The highest BCUT2D eigenvalue weighted by Crippen LogP contribution is 2.28. The Morgan fingerprint density at radius 1 is 1.03 bits per heavy atom. The molecule has 3 aromatic rings. The molecule has 7 heteroatoms. The van der Waals surface area contributed by atoms with Gasteiger partial charge in [0.15, 0.2) is 17.3 Å². The molecule has 0 radical (unpaired) electrons. The van der Waals surface area contributed by atoms with Crippen molar-refractivity contribution in [3.63, 3.8) is 0 Å². The van der Waals surface area contributed by atoms with Gasteiger partial charge in [0.2, 0.25) is 0 Å². The van der Waals surface area contributed by atoms with Crippen LogP contribution in [0.3, 0.4) is 0 Å². The third-order valence-corrected chi connectivity index (χ3v) is 4.51. The Morgan fingerprint density at radius 2 is 1.76 bits per heavy atom. The molecule has 6 nitrogen and oxygen atoms in total. The topological polar surface area (TPSA) is 65.4 Å². The Kier molecular flexibility index (Phi) is 7.14. The number of nitrogens with zero attached hydrogens (tertiary/aromatic N) is 2. The number of nitrogens with one attached hydrogen (secondary N) is 1. The number of anilines is 1. The van der Waals surface area contributed by atoms with Gasteiger partial charge in [-0.05, 0) is 62.2 Å². The summed E-state index contributed by atoms with van der Waals surface area (Å²) in [4.78, 5) is 16.9. The quantitative estimate of drug-likeness (QED) is 0.565. The number of hydrogen-bond donors (Lipinski definition) is 1. The summed E-state index contributed by atoms with van der Waals surface area (Å²) in [7, 11) is 0. The average molecular weight is 414 g/mol. The molecule has 2 aromatic carbocycles. The van der Waals surface area contributed by atoms with Crippen LogP contribution in [0, 0.1) is 0 Å². The van der Waals surface area contributed by atoms with Gasteiger partial charge in [0.05, 0.1) is 13.2 Å². The maximum atomic E-state index is 12.7. The minimum Gasteiger partial charge on any atom is -0.490 e. The molecule has 0 saturated carbocycles. The molecule has 29 heavy (non-hydrogen) atoms. The van der Waals surface area contributed by atoms with Gasteiger partial charge < -0.3 is 14.8 Å². The first-order valence-electron chi connectivity index (χ1n) is 9.58. The van der Waals surface area contributed by atoms with Gasteiger partial charge in [0.1, 0.15) is 0 Å². The van der Waals surface area contributed by atoms with E-state index in [-0.39, 0.29) is 5.56 Å². The van der Waals surface area contributed by atoms with Gasteiger partial charge in [-0.25, -0.2) is 4.98 Å². The summed E-state index contributed by atoms with van der Waals surface area (Å²) >= 11 is 5.93. The summed E-state index contributed by atoms with van der Waals surface area (Å²) in [6.07, 6.45) is 3.95. The van der Waals surface area contributed by atoms with Gasteiger partial charge in [-0.2, -0.15) is 0 Å². The van der Waals surface area contributed by atoms with E-state index in [1.54, 1.807) is 36.7 Å². The highest BCUT2D eigenvalue weighted by Gasteiger charge is 2.08. The van der Waals surface area contributed by atoms with Crippen LogP contribution in [0.5, 0.6) is 11.5 Å². The molecule has 0 aliphatic carbocycles. The average Bonchev–Trinajstić information content (AvgIpc) is 2.72. The van der Waals surface area contributed by atoms with E-state index < -0.39 is 0 Å². The van der Waals surface area contributed by atoms with Crippen molar-refractivity contribution in [1.82, 2.24) is 9.55 Å².